The van der Waals surface area contributed by atoms with E-state index in [0.717, 1.165) is 31.2 Å². The van der Waals surface area contributed by atoms with Gasteiger partial charge in [-0.15, -0.1) is 0 Å². The Balaban J connectivity index is 1.97. The quantitative estimate of drug-likeness (QED) is 0.874. The number of carbonyl (C=O) groups is 1. The summed E-state index contributed by atoms with van der Waals surface area (Å²) in [5, 5.41) is 2.55. The Morgan fingerprint density at radius 2 is 2.15 bits per heavy atom. The lowest BCUT2D eigenvalue weighted by atomic mass is 10.2. The zero-order valence-corrected chi connectivity index (χ0v) is 12.6. The van der Waals surface area contributed by atoms with Crippen molar-refractivity contribution in [3.8, 4) is 0 Å². The number of carbonyl (C=O) groups excluding carboxylic acids is 1. The van der Waals surface area contributed by atoms with Gasteiger partial charge in [0.05, 0.1) is 0 Å². The molecule has 1 aromatic rings. The van der Waals surface area contributed by atoms with Gasteiger partial charge in [0.15, 0.2) is 0 Å². The number of hydrogen-bond acceptors (Lipinski definition) is 3. The molecule has 5 heteroatoms. The molecule has 2 unspecified atom stereocenters. The highest BCUT2D eigenvalue weighted by atomic mass is 32.2. The summed E-state index contributed by atoms with van der Waals surface area (Å²) in [7, 11) is -1.09. The second kappa shape index (κ2) is 6.99. The van der Waals surface area contributed by atoms with Gasteiger partial charge in [-0.05, 0) is 37.5 Å². The summed E-state index contributed by atoms with van der Waals surface area (Å²) in [4.78, 5) is 12.2. The summed E-state index contributed by atoms with van der Waals surface area (Å²) in [6, 6.07) is 7.44. The molecule has 0 spiro atoms. The van der Waals surface area contributed by atoms with E-state index in [1.165, 1.54) is 0 Å². The van der Waals surface area contributed by atoms with E-state index in [0.29, 0.717) is 12.2 Å². The van der Waals surface area contributed by atoms with Gasteiger partial charge < -0.3 is 11.1 Å². The molecule has 20 heavy (non-hydrogen) atoms. The van der Waals surface area contributed by atoms with Crippen molar-refractivity contribution in [3.05, 3.63) is 29.8 Å². The number of nitrogens with two attached hydrogens (primary N) is 1. The molecule has 110 valence electrons. The van der Waals surface area contributed by atoms with Gasteiger partial charge in [-0.2, -0.15) is 0 Å². The van der Waals surface area contributed by atoms with E-state index >= 15 is 0 Å². The maximum Gasteiger partial charge on any atom is 0.239 e. The third-order valence-corrected chi connectivity index (χ3v) is 5.82. The van der Waals surface area contributed by atoms with Crippen LogP contribution in [0.1, 0.15) is 38.2 Å². The third kappa shape index (κ3) is 3.67. The second-order valence-corrected chi connectivity index (χ2v) is 7.30. The zero-order valence-electron chi connectivity index (χ0n) is 11.8. The molecule has 1 saturated carbocycles. The van der Waals surface area contributed by atoms with E-state index in [-0.39, 0.29) is 11.2 Å². The monoisotopic (exact) mass is 294 g/mol. The maximum absolute atomic E-state index is 12.3. The van der Waals surface area contributed by atoms with Crippen molar-refractivity contribution in [2.45, 2.75) is 49.7 Å². The molecule has 2 atom stereocenters. The highest BCUT2D eigenvalue weighted by Crippen LogP contribution is 2.25. The number of rotatable bonds is 5. The van der Waals surface area contributed by atoms with Crippen molar-refractivity contribution in [2.24, 2.45) is 5.73 Å². The number of anilines is 1. The molecule has 0 bridgehead atoms. The summed E-state index contributed by atoms with van der Waals surface area (Å²) in [5.74, 6) is -0.176. The van der Waals surface area contributed by atoms with Crippen molar-refractivity contribution in [2.75, 3.05) is 5.32 Å². The van der Waals surface area contributed by atoms with Crippen molar-refractivity contribution in [3.63, 3.8) is 0 Å². The first-order valence-corrected chi connectivity index (χ1v) is 8.38. The molecule has 2 rings (SSSR count). The van der Waals surface area contributed by atoms with Crippen LogP contribution in [0.2, 0.25) is 0 Å². The largest absolute Gasteiger partial charge is 0.326 e. The van der Waals surface area contributed by atoms with Crippen LogP contribution < -0.4 is 11.1 Å². The maximum atomic E-state index is 12.3. The Labute approximate surface area is 122 Å². The highest BCUT2D eigenvalue weighted by Gasteiger charge is 2.29. The lowest BCUT2D eigenvalue weighted by Crippen LogP contribution is -2.33. The van der Waals surface area contributed by atoms with Gasteiger partial charge in [0, 0.05) is 28.3 Å². The molecule has 1 fully saturated rings. The van der Waals surface area contributed by atoms with Crippen molar-refractivity contribution in [1.29, 1.82) is 0 Å². The number of benzene rings is 1. The van der Waals surface area contributed by atoms with E-state index in [1.807, 2.05) is 24.3 Å². The average molecular weight is 294 g/mol. The van der Waals surface area contributed by atoms with Crippen LogP contribution in [-0.2, 0) is 22.1 Å². The van der Waals surface area contributed by atoms with Crippen LogP contribution >= 0.6 is 0 Å². The van der Waals surface area contributed by atoms with Gasteiger partial charge in [0.25, 0.3) is 0 Å². The molecule has 1 aliphatic rings. The Morgan fingerprint density at radius 3 is 2.80 bits per heavy atom. The first-order chi connectivity index (χ1) is 9.61. The van der Waals surface area contributed by atoms with Crippen molar-refractivity contribution < 1.29 is 9.00 Å². The third-order valence-electron chi connectivity index (χ3n) is 3.78. The normalized spacial score (nSPS) is 18.7. The Hall–Kier alpha value is -1.20. The highest BCUT2D eigenvalue weighted by molar-refractivity contribution is 7.87. The average Bonchev–Trinajstić information content (AvgIpc) is 3.00. The van der Waals surface area contributed by atoms with E-state index in [9.17, 15) is 9.00 Å². The Bertz CT molecular complexity index is 498. The van der Waals surface area contributed by atoms with Crippen LogP contribution in [0, 0.1) is 0 Å². The van der Waals surface area contributed by atoms with Crippen LogP contribution in [0.25, 0.3) is 0 Å². The molecule has 0 heterocycles. The summed E-state index contributed by atoms with van der Waals surface area (Å²) in [5.41, 5.74) is 7.26. The fraction of sp³-hybridized carbons (Fsp3) is 0.533. The standard InChI is InChI=1S/C15H22N2O2S/c1-11(20(19)14-7-2-3-8-14)15(18)17-13-6-4-5-12(9-13)10-16/h4-6,9,11,14H,2-3,7-8,10,16H2,1H3,(H,17,18). The van der Waals surface area contributed by atoms with Crippen LogP contribution in [0.3, 0.4) is 0 Å². The molecule has 4 nitrogen and oxygen atoms in total. The van der Waals surface area contributed by atoms with E-state index in [1.54, 1.807) is 6.92 Å². The molecule has 1 aliphatic carbocycles. The van der Waals surface area contributed by atoms with E-state index < -0.39 is 16.0 Å². The molecular formula is C15H22N2O2S. The number of hydrogen-bond donors (Lipinski definition) is 2. The first kappa shape index (κ1) is 15.2. The molecule has 0 aliphatic heterocycles. The second-order valence-electron chi connectivity index (χ2n) is 5.27. The van der Waals surface area contributed by atoms with Crippen LogP contribution in [0.4, 0.5) is 5.69 Å². The summed E-state index contributed by atoms with van der Waals surface area (Å²) in [6.45, 7) is 2.18. The minimum absolute atomic E-state index is 0.176. The van der Waals surface area contributed by atoms with Gasteiger partial charge in [-0.3, -0.25) is 9.00 Å². The molecule has 0 aromatic heterocycles. The van der Waals surface area contributed by atoms with Crippen LogP contribution in [-0.4, -0.2) is 20.6 Å². The number of amides is 1. The predicted octanol–water partition coefficient (Wildman–Crippen LogP) is 2.16. The van der Waals surface area contributed by atoms with Gasteiger partial charge >= 0.3 is 0 Å². The summed E-state index contributed by atoms with van der Waals surface area (Å²) >= 11 is 0. The van der Waals surface area contributed by atoms with E-state index in [4.69, 9.17) is 5.73 Å². The minimum atomic E-state index is -1.09. The van der Waals surface area contributed by atoms with E-state index in [2.05, 4.69) is 5.32 Å². The van der Waals surface area contributed by atoms with Gasteiger partial charge in [0.1, 0.15) is 5.25 Å². The van der Waals surface area contributed by atoms with Gasteiger partial charge in [-0.1, -0.05) is 25.0 Å². The van der Waals surface area contributed by atoms with Gasteiger partial charge in [0.2, 0.25) is 5.91 Å². The Morgan fingerprint density at radius 1 is 1.45 bits per heavy atom. The topological polar surface area (TPSA) is 72.2 Å². The van der Waals surface area contributed by atoms with Crippen molar-refractivity contribution >= 4 is 22.4 Å². The van der Waals surface area contributed by atoms with Gasteiger partial charge in [-0.25, -0.2) is 0 Å². The SMILES string of the molecule is CC(C(=O)Nc1cccc(CN)c1)S(=O)C1CCCC1. The van der Waals surface area contributed by atoms with Crippen LogP contribution in [0.15, 0.2) is 24.3 Å². The lowest BCUT2D eigenvalue weighted by Gasteiger charge is -2.16. The summed E-state index contributed by atoms with van der Waals surface area (Å²) < 4.78 is 12.3. The molecule has 1 amide bonds. The molecule has 1 aromatic carbocycles. The predicted molar refractivity (Wildman–Crippen MR) is 82.8 cm³/mol. The number of nitrogens with one attached hydrogen (secondary N) is 1. The zero-order chi connectivity index (χ0) is 14.5. The van der Waals surface area contributed by atoms with Crippen LogP contribution in [0.5, 0.6) is 0 Å². The molecular weight excluding hydrogens is 272 g/mol. The van der Waals surface area contributed by atoms with Crippen molar-refractivity contribution in [1.82, 2.24) is 0 Å². The first-order valence-electron chi connectivity index (χ1n) is 7.11. The molecule has 0 radical (unpaired) electrons. The fourth-order valence-electron chi connectivity index (χ4n) is 2.53. The minimum Gasteiger partial charge on any atom is -0.326 e. The molecule has 3 N–H and O–H groups in total. The fourth-order valence-corrected chi connectivity index (χ4v) is 4.18. The Kier molecular flexibility index (Phi) is 5.31. The summed E-state index contributed by atoms with van der Waals surface area (Å²) in [6.07, 6.45) is 4.21. The smallest absolute Gasteiger partial charge is 0.239 e. The molecule has 0 saturated heterocycles. The lowest BCUT2D eigenvalue weighted by molar-refractivity contribution is -0.115.